The van der Waals surface area contributed by atoms with Crippen LogP contribution >= 0.6 is 0 Å². The molecule has 0 radical (unpaired) electrons. The van der Waals surface area contributed by atoms with Gasteiger partial charge < -0.3 is 39.0 Å². The van der Waals surface area contributed by atoms with Gasteiger partial charge in [0.05, 0.1) is 13.2 Å². The summed E-state index contributed by atoms with van der Waals surface area (Å²) < 4.78 is 30.6. The monoisotopic (exact) mass is 809 g/mol. The van der Waals surface area contributed by atoms with Gasteiger partial charge in [0.1, 0.15) is 42.5 Å². The number of ether oxygens (including phenoxy) is 5. The van der Waals surface area contributed by atoms with Gasteiger partial charge in [0.2, 0.25) is 17.9 Å². The second-order valence-corrected chi connectivity index (χ2v) is 17.4. The van der Waals surface area contributed by atoms with E-state index in [0.29, 0.717) is 37.8 Å². The summed E-state index contributed by atoms with van der Waals surface area (Å²) in [7, 11) is 0. The van der Waals surface area contributed by atoms with Gasteiger partial charge in [0.15, 0.2) is 11.8 Å². The van der Waals surface area contributed by atoms with E-state index in [-0.39, 0.29) is 44.5 Å². The van der Waals surface area contributed by atoms with Crippen LogP contribution < -0.4 is 5.32 Å². The minimum absolute atomic E-state index is 0.0644. The summed E-state index contributed by atoms with van der Waals surface area (Å²) in [6.45, 7) is 8.29. The molecule has 2 bridgehead atoms. The third kappa shape index (κ3) is 8.04. The molecule has 2 N–H and O–H groups in total. The van der Waals surface area contributed by atoms with Crippen molar-refractivity contribution in [2.45, 2.75) is 153 Å². The Morgan fingerprint density at radius 1 is 1.02 bits per heavy atom. The summed E-state index contributed by atoms with van der Waals surface area (Å²) in [5.74, 6) is -3.49. The van der Waals surface area contributed by atoms with Gasteiger partial charge >= 0.3 is 17.9 Å². The number of benzene rings is 1. The van der Waals surface area contributed by atoms with Crippen molar-refractivity contribution in [1.29, 1.82) is 0 Å². The van der Waals surface area contributed by atoms with Crippen molar-refractivity contribution >= 4 is 35.8 Å². The fourth-order valence-electron chi connectivity index (χ4n) is 9.75. The van der Waals surface area contributed by atoms with Crippen LogP contribution in [0.5, 0.6) is 0 Å². The number of esters is 3. The predicted octanol–water partition coefficient (Wildman–Crippen LogP) is 3.73. The Balaban J connectivity index is 1.19. The van der Waals surface area contributed by atoms with Gasteiger partial charge in [-0.05, 0) is 42.9 Å². The molecule has 15 heteroatoms. The maximum Gasteiger partial charge on any atom is 0.348 e. The number of hydrogen-bond donors (Lipinski definition) is 2. The Morgan fingerprint density at radius 3 is 2.45 bits per heavy atom. The van der Waals surface area contributed by atoms with E-state index in [1.54, 1.807) is 30.9 Å². The van der Waals surface area contributed by atoms with Crippen LogP contribution in [-0.2, 0) is 59.0 Å². The van der Waals surface area contributed by atoms with Crippen molar-refractivity contribution in [2.75, 3.05) is 26.3 Å². The first-order chi connectivity index (χ1) is 27.9. The van der Waals surface area contributed by atoms with Crippen LogP contribution in [0.25, 0.3) is 6.08 Å². The first-order valence-electron chi connectivity index (χ1n) is 21.2. The maximum atomic E-state index is 15.3. The zero-order valence-corrected chi connectivity index (χ0v) is 34.2. The molecule has 6 fully saturated rings. The van der Waals surface area contributed by atoms with Gasteiger partial charge in [0, 0.05) is 43.8 Å². The number of carbonyl (C=O) groups is 5. The lowest BCUT2D eigenvalue weighted by Gasteiger charge is -2.50. The number of hydroxylamine groups is 2. The number of unbranched alkanes of at least 4 members (excludes halogenated alkanes) is 4. The molecule has 15 nitrogen and oxygen atoms in total. The van der Waals surface area contributed by atoms with Crippen LogP contribution in [0.15, 0.2) is 30.3 Å². The second kappa shape index (κ2) is 17.4. The van der Waals surface area contributed by atoms with E-state index in [9.17, 15) is 24.3 Å². The van der Waals surface area contributed by atoms with Crippen LogP contribution in [0.2, 0.25) is 0 Å². The Labute approximate surface area is 340 Å². The number of fused-ring (bicyclic) bond motifs is 4. The predicted molar refractivity (Wildman–Crippen MR) is 207 cm³/mol. The zero-order chi connectivity index (χ0) is 41.2. The third-order valence-electron chi connectivity index (χ3n) is 12.6. The van der Waals surface area contributed by atoms with Crippen molar-refractivity contribution in [3.8, 4) is 0 Å². The molecule has 2 unspecified atom stereocenters. The highest BCUT2D eigenvalue weighted by Gasteiger charge is 2.77. The molecule has 5 aliphatic heterocycles. The van der Waals surface area contributed by atoms with E-state index in [0.717, 1.165) is 44.1 Å². The highest BCUT2D eigenvalue weighted by atomic mass is 16.8. The van der Waals surface area contributed by atoms with Crippen molar-refractivity contribution in [1.82, 2.24) is 15.3 Å². The maximum absolute atomic E-state index is 15.3. The highest BCUT2D eigenvalue weighted by Crippen LogP contribution is 2.59. The molecular weight excluding hydrogens is 750 g/mol. The summed E-state index contributed by atoms with van der Waals surface area (Å²) >= 11 is 0. The van der Waals surface area contributed by atoms with Crippen molar-refractivity contribution in [2.24, 2.45) is 10.8 Å². The molecule has 58 heavy (non-hydrogen) atoms. The van der Waals surface area contributed by atoms with Crippen LogP contribution in [0.4, 0.5) is 0 Å². The first-order valence-corrected chi connectivity index (χ1v) is 21.2. The number of rotatable bonds is 17. The number of hydrogen-bond acceptors (Lipinski definition) is 13. The van der Waals surface area contributed by atoms with Crippen LogP contribution in [-0.4, -0.2) is 119 Å². The number of nitrogens with zero attached hydrogens (tertiary/aromatic N) is 2. The lowest BCUT2D eigenvalue weighted by Crippen LogP contribution is -2.70. The van der Waals surface area contributed by atoms with Crippen LogP contribution in [0, 0.1) is 10.8 Å². The number of amides is 2. The summed E-state index contributed by atoms with van der Waals surface area (Å²) in [5, 5.41) is 13.7. The van der Waals surface area contributed by atoms with Gasteiger partial charge in [0.25, 0.3) is 0 Å². The Kier molecular flexibility index (Phi) is 12.7. The van der Waals surface area contributed by atoms with Crippen LogP contribution in [0.1, 0.15) is 109 Å². The standard InChI is InChI=1S/C43H59N3O12/c1-5-7-9-18-42(19-10-8-6-2)56-32-30-24-43(40(52)45-21-12-15-29(45)37(49)44-20-22-47)34(38(50)54-30)46(58-35(43)33(32)57-42)25-28-14-11-13-27(23-28)16-17-31(48)55-36-39(51)53-26-41(36,3)4/h11,13-14,16-17,23,29-30,32-36,47H,5-10,12,15,18-22,24-26H2,1-4H3,(H,44,49)/t29-,30?,32+,33+,34+,35-,36+,43?/m1/s1. The van der Waals surface area contributed by atoms with Crippen molar-refractivity contribution in [3.05, 3.63) is 41.5 Å². The first kappa shape index (κ1) is 42.2. The van der Waals surface area contributed by atoms with E-state index in [2.05, 4.69) is 19.2 Å². The molecule has 0 aromatic heterocycles. The lowest BCUT2D eigenvalue weighted by atomic mass is 9.62. The molecule has 1 aromatic carbocycles. The number of aliphatic hydroxyl groups is 1. The molecule has 5 saturated heterocycles. The Morgan fingerprint density at radius 2 is 1.76 bits per heavy atom. The van der Waals surface area contributed by atoms with Gasteiger partial charge in [-0.3, -0.25) is 19.2 Å². The minimum atomic E-state index is -1.44. The second-order valence-electron chi connectivity index (χ2n) is 17.4. The smallest absolute Gasteiger partial charge is 0.348 e. The van der Waals surface area contributed by atoms with Gasteiger partial charge in [-0.25, -0.2) is 9.59 Å². The molecule has 5 heterocycles. The van der Waals surface area contributed by atoms with E-state index in [1.807, 2.05) is 18.2 Å². The van der Waals surface area contributed by atoms with Crippen molar-refractivity contribution < 1.29 is 57.6 Å². The summed E-state index contributed by atoms with van der Waals surface area (Å²) in [6, 6.07) is 5.39. The quantitative estimate of drug-likeness (QED) is 0.101. The van der Waals surface area contributed by atoms with Gasteiger partial charge in [-0.15, -0.1) is 0 Å². The molecule has 1 aliphatic carbocycles. The normalized spacial score (nSPS) is 31.9. The van der Waals surface area contributed by atoms with Crippen LogP contribution in [0.3, 0.4) is 0 Å². The zero-order valence-electron chi connectivity index (χ0n) is 34.2. The SMILES string of the molecule is CCCCCC1(CCCCC)O[C@@H]2[C@H]3ON(Cc4cccc(C=CC(=O)O[C@H]5C(=O)OCC5(C)C)c4)[C@H]4C(=O)OC(CC34C(=O)N3CCC[C@@H]3C(=O)NCCO)[C@@H]2O1. The number of carbonyl (C=O) groups excluding carboxylic acids is 5. The molecule has 318 valence electrons. The average molecular weight is 810 g/mol. The van der Waals surface area contributed by atoms with Gasteiger partial charge in [-0.1, -0.05) is 77.6 Å². The van der Waals surface area contributed by atoms with E-state index < -0.39 is 77.1 Å². The lowest BCUT2D eigenvalue weighted by molar-refractivity contribution is -0.225. The fraction of sp³-hybridized carbons (Fsp3) is 0.698. The highest BCUT2D eigenvalue weighted by molar-refractivity contribution is 5.96. The van der Waals surface area contributed by atoms with E-state index in [4.69, 9.17) is 28.5 Å². The number of nitrogens with one attached hydrogen (secondary N) is 1. The number of cyclic esters (lactones) is 1. The van der Waals surface area contributed by atoms with E-state index >= 15 is 4.79 Å². The number of likely N-dealkylation sites (tertiary alicyclic amines) is 1. The molecule has 7 rings (SSSR count). The molecule has 6 aliphatic rings. The van der Waals surface area contributed by atoms with Crippen molar-refractivity contribution in [3.63, 3.8) is 0 Å². The third-order valence-corrected chi connectivity index (χ3v) is 12.6. The molecule has 2 amide bonds. The number of aliphatic hydroxyl groups excluding tert-OH is 1. The molecule has 1 saturated carbocycles. The topological polar surface area (TPSA) is 179 Å². The average Bonchev–Trinajstić information content (AvgIpc) is 3.98. The van der Waals surface area contributed by atoms with E-state index in [1.165, 1.54) is 11.1 Å². The summed E-state index contributed by atoms with van der Waals surface area (Å²) in [6.07, 6.45) is 7.15. The summed E-state index contributed by atoms with van der Waals surface area (Å²) in [5.41, 5.74) is -0.704. The minimum Gasteiger partial charge on any atom is -0.462 e. The Hall–Kier alpha value is -3.89. The molecule has 0 spiro atoms. The molecular formula is C43H59N3O12. The fourth-order valence-corrected chi connectivity index (χ4v) is 9.75. The Bertz CT molecular complexity index is 1740. The summed E-state index contributed by atoms with van der Waals surface area (Å²) in [4.78, 5) is 76.3. The molecule has 8 atom stereocenters. The van der Waals surface area contributed by atoms with Gasteiger partial charge in [-0.2, -0.15) is 5.06 Å². The molecule has 1 aromatic rings. The largest absolute Gasteiger partial charge is 0.462 e.